The fraction of sp³-hybridized carbons (Fsp3) is 0.900. The minimum atomic E-state index is -0.783. The van der Waals surface area contributed by atoms with Gasteiger partial charge in [-0.2, -0.15) is 0 Å². The summed E-state index contributed by atoms with van der Waals surface area (Å²) < 4.78 is 5.31. The number of hydrogen-bond donors (Lipinski definition) is 2. The lowest BCUT2D eigenvalue weighted by atomic mass is 9.94. The summed E-state index contributed by atoms with van der Waals surface area (Å²) >= 11 is 0. The lowest BCUT2D eigenvalue weighted by Gasteiger charge is -2.21. The molecule has 0 rings (SSSR count). The van der Waals surface area contributed by atoms with Gasteiger partial charge < -0.3 is 15.2 Å². The molecule has 0 radical (unpaired) electrons. The van der Waals surface area contributed by atoms with E-state index in [0.717, 1.165) is 0 Å². The Morgan fingerprint density at radius 2 is 2.14 bits per heavy atom. The van der Waals surface area contributed by atoms with E-state index in [2.05, 4.69) is 5.32 Å². The Labute approximate surface area is 85.6 Å². The molecule has 0 heterocycles. The van der Waals surface area contributed by atoms with Crippen LogP contribution in [0.5, 0.6) is 0 Å². The van der Waals surface area contributed by atoms with Gasteiger partial charge in [0.25, 0.3) is 0 Å². The molecule has 4 nitrogen and oxygen atoms in total. The van der Waals surface area contributed by atoms with E-state index in [-0.39, 0.29) is 6.10 Å². The third kappa shape index (κ3) is 5.19. The molecule has 0 saturated heterocycles. The fourth-order valence-corrected chi connectivity index (χ4v) is 1.01. The van der Waals surface area contributed by atoms with Crippen molar-refractivity contribution in [1.29, 1.82) is 0 Å². The van der Waals surface area contributed by atoms with Gasteiger partial charge in [-0.1, -0.05) is 0 Å². The summed E-state index contributed by atoms with van der Waals surface area (Å²) in [6.45, 7) is 9.14. The monoisotopic (exact) mass is 203 g/mol. The quantitative estimate of drug-likeness (QED) is 0.651. The highest BCUT2D eigenvalue weighted by Gasteiger charge is 2.26. The highest BCUT2D eigenvalue weighted by molar-refractivity contribution is 5.73. The van der Waals surface area contributed by atoms with Gasteiger partial charge in [-0.05, 0) is 27.7 Å². The molecule has 0 aromatic rings. The molecule has 1 atom stereocenters. The van der Waals surface area contributed by atoms with Crippen molar-refractivity contribution in [1.82, 2.24) is 5.32 Å². The second kappa shape index (κ2) is 5.98. The number of rotatable bonds is 7. The zero-order chi connectivity index (χ0) is 11.2. The number of carbonyl (C=O) groups is 1. The summed E-state index contributed by atoms with van der Waals surface area (Å²) in [5.41, 5.74) is -0.716. The summed E-state index contributed by atoms with van der Waals surface area (Å²) in [6, 6.07) is 0. The second-order valence-electron chi connectivity index (χ2n) is 4.09. The van der Waals surface area contributed by atoms with E-state index in [0.29, 0.717) is 19.7 Å². The molecular formula is C10H21NO3. The Kier molecular flexibility index (Phi) is 5.72. The van der Waals surface area contributed by atoms with Crippen LogP contribution in [0.3, 0.4) is 0 Å². The molecule has 84 valence electrons. The van der Waals surface area contributed by atoms with Gasteiger partial charge >= 0.3 is 5.97 Å². The Bertz CT molecular complexity index is 180. The van der Waals surface area contributed by atoms with Crippen LogP contribution in [-0.4, -0.2) is 36.9 Å². The zero-order valence-electron chi connectivity index (χ0n) is 9.46. The molecule has 0 bridgehead atoms. The van der Waals surface area contributed by atoms with Crippen molar-refractivity contribution in [2.24, 2.45) is 5.41 Å². The van der Waals surface area contributed by atoms with Crippen molar-refractivity contribution < 1.29 is 14.6 Å². The molecule has 0 aromatic heterocycles. The molecule has 1 unspecified atom stereocenters. The minimum Gasteiger partial charge on any atom is -0.481 e. The maximum Gasteiger partial charge on any atom is 0.310 e. The molecule has 0 fully saturated rings. The van der Waals surface area contributed by atoms with Crippen LogP contribution < -0.4 is 5.32 Å². The van der Waals surface area contributed by atoms with E-state index < -0.39 is 11.4 Å². The second-order valence-corrected chi connectivity index (χ2v) is 4.09. The number of ether oxygens (including phenoxy) is 1. The van der Waals surface area contributed by atoms with E-state index in [9.17, 15) is 4.79 Å². The molecule has 4 heteroatoms. The number of aliphatic carboxylic acids is 1. The van der Waals surface area contributed by atoms with Gasteiger partial charge in [0.2, 0.25) is 0 Å². The maximum absolute atomic E-state index is 10.8. The predicted molar refractivity (Wildman–Crippen MR) is 55.4 cm³/mol. The number of hydrogen-bond acceptors (Lipinski definition) is 3. The van der Waals surface area contributed by atoms with E-state index in [1.165, 1.54) is 0 Å². The highest BCUT2D eigenvalue weighted by atomic mass is 16.5. The normalized spacial score (nSPS) is 14.0. The van der Waals surface area contributed by atoms with Crippen LogP contribution in [0.1, 0.15) is 27.7 Å². The molecule has 0 spiro atoms. The van der Waals surface area contributed by atoms with Crippen molar-refractivity contribution in [3.05, 3.63) is 0 Å². The third-order valence-corrected chi connectivity index (χ3v) is 2.03. The predicted octanol–water partition coefficient (Wildman–Crippen LogP) is 1.11. The smallest absolute Gasteiger partial charge is 0.310 e. The molecule has 14 heavy (non-hydrogen) atoms. The summed E-state index contributed by atoms with van der Waals surface area (Å²) in [5.74, 6) is -0.783. The number of carboxylic acid groups (broad SMARTS) is 1. The van der Waals surface area contributed by atoms with E-state index in [4.69, 9.17) is 9.84 Å². The summed E-state index contributed by atoms with van der Waals surface area (Å²) in [4.78, 5) is 10.8. The molecule has 0 aliphatic rings. The first-order chi connectivity index (χ1) is 6.40. The van der Waals surface area contributed by atoms with Crippen LogP contribution >= 0.6 is 0 Å². The van der Waals surface area contributed by atoms with Gasteiger partial charge in [-0.15, -0.1) is 0 Å². The van der Waals surface area contributed by atoms with E-state index in [1.807, 2.05) is 13.8 Å². The highest BCUT2D eigenvalue weighted by Crippen LogP contribution is 2.12. The summed E-state index contributed by atoms with van der Waals surface area (Å²) in [6.07, 6.45) is 0.129. The van der Waals surface area contributed by atoms with Crippen LogP contribution in [0, 0.1) is 5.41 Å². The molecule has 0 aliphatic carbocycles. The zero-order valence-corrected chi connectivity index (χ0v) is 9.46. The van der Waals surface area contributed by atoms with Crippen molar-refractivity contribution >= 4 is 5.97 Å². The van der Waals surface area contributed by atoms with Gasteiger partial charge in [0.05, 0.1) is 11.5 Å². The SMILES string of the molecule is CCOC(C)CNCC(C)(C)C(=O)O. The maximum atomic E-state index is 10.8. The average Bonchev–Trinajstić information content (AvgIpc) is 2.04. The van der Waals surface area contributed by atoms with Gasteiger partial charge in [-0.3, -0.25) is 4.79 Å². The van der Waals surface area contributed by atoms with E-state index >= 15 is 0 Å². The molecule has 2 N–H and O–H groups in total. The Morgan fingerprint density at radius 1 is 1.57 bits per heavy atom. The van der Waals surface area contributed by atoms with Crippen molar-refractivity contribution in [2.75, 3.05) is 19.7 Å². The largest absolute Gasteiger partial charge is 0.481 e. The lowest BCUT2D eigenvalue weighted by molar-refractivity contribution is -0.146. The van der Waals surface area contributed by atoms with Crippen molar-refractivity contribution in [3.8, 4) is 0 Å². The van der Waals surface area contributed by atoms with Crippen molar-refractivity contribution in [3.63, 3.8) is 0 Å². The number of nitrogens with one attached hydrogen (secondary N) is 1. The molecule has 0 saturated carbocycles. The average molecular weight is 203 g/mol. The molecular weight excluding hydrogens is 182 g/mol. The van der Waals surface area contributed by atoms with Crippen LogP contribution in [-0.2, 0) is 9.53 Å². The Hall–Kier alpha value is -0.610. The standard InChI is InChI=1S/C10H21NO3/c1-5-14-8(2)6-11-7-10(3,4)9(12)13/h8,11H,5-7H2,1-4H3,(H,12,13). The summed E-state index contributed by atoms with van der Waals surface area (Å²) in [5, 5.41) is 11.9. The van der Waals surface area contributed by atoms with Crippen LogP contribution in [0.2, 0.25) is 0 Å². The van der Waals surface area contributed by atoms with Crippen LogP contribution in [0.4, 0.5) is 0 Å². The van der Waals surface area contributed by atoms with E-state index in [1.54, 1.807) is 13.8 Å². The van der Waals surface area contributed by atoms with Gasteiger partial charge in [0.1, 0.15) is 0 Å². The van der Waals surface area contributed by atoms with Crippen LogP contribution in [0.15, 0.2) is 0 Å². The fourth-order valence-electron chi connectivity index (χ4n) is 1.01. The van der Waals surface area contributed by atoms with Gasteiger partial charge in [0, 0.05) is 19.7 Å². The Balaban J connectivity index is 3.68. The molecule has 0 amide bonds. The first kappa shape index (κ1) is 13.4. The minimum absolute atomic E-state index is 0.129. The Morgan fingerprint density at radius 3 is 2.57 bits per heavy atom. The first-order valence-electron chi connectivity index (χ1n) is 4.96. The third-order valence-electron chi connectivity index (χ3n) is 2.03. The summed E-state index contributed by atoms with van der Waals surface area (Å²) in [7, 11) is 0. The van der Waals surface area contributed by atoms with Crippen molar-refractivity contribution in [2.45, 2.75) is 33.8 Å². The van der Waals surface area contributed by atoms with Crippen LogP contribution in [0.25, 0.3) is 0 Å². The molecule has 0 aliphatic heterocycles. The topological polar surface area (TPSA) is 58.6 Å². The van der Waals surface area contributed by atoms with Gasteiger partial charge in [-0.25, -0.2) is 0 Å². The number of carboxylic acids is 1. The first-order valence-corrected chi connectivity index (χ1v) is 4.96. The lowest BCUT2D eigenvalue weighted by Crippen LogP contribution is -2.39. The molecule has 0 aromatic carbocycles. The van der Waals surface area contributed by atoms with Gasteiger partial charge in [0.15, 0.2) is 0 Å².